The van der Waals surface area contributed by atoms with Crippen LogP contribution in [0.1, 0.15) is 38.1 Å². The van der Waals surface area contributed by atoms with E-state index in [2.05, 4.69) is 29.4 Å². The molecule has 28 heavy (non-hydrogen) atoms. The summed E-state index contributed by atoms with van der Waals surface area (Å²) in [4.78, 5) is 27.4. The molecule has 1 aliphatic rings. The molecule has 2 atom stereocenters. The SMILES string of the molecule is CC(C)CN1CCOC(CNC(=O)C(NC(=O)c2ccccc2F)C(C)C)C1. The van der Waals surface area contributed by atoms with E-state index < -0.39 is 17.8 Å². The minimum Gasteiger partial charge on any atom is -0.374 e. The predicted molar refractivity (Wildman–Crippen MR) is 107 cm³/mol. The van der Waals surface area contributed by atoms with Gasteiger partial charge >= 0.3 is 0 Å². The van der Waals surface area contributed by atoms with Crippen LogP contribution in [0, 0.1) is 17.7 Å². The third kappa shape index (κ3) is 6.56. The van der Waals surface area contributed by atoms with Gasteiger partial charge in [0.25, 0.3) is 5.91 Å². The number of benzene rings is 1. The van der Waals surface area contributed by atoms with E-state index in [1.165, 1.54) is 18.2 Å². The molecule has 2 rings (SSSR count). The number of carbonyl (C=O) groups excluding carboxylic acids is 2. The van der Waals surface area contributed by atoms with Crippen molar-refractivity contribution in [1.29, 1.82) is 0 Å². The summed E-state index contributed by atoms with van der Waals surface area (Å²) in [5.41, 5.74) is -0.0686. The molecule has 0 spiro atoms. The molecule has 2 amide bonds. The zero-order chi connectivity index (χ0) is 20.7. The van der Waals surface area contributed by atoms with E-state index >= 15 is 0 Å². The van der Waals surface area contributed by atoms with Crippen molar-refractivity contribution in [1.82, 2.24) is 15.5 Å². The number of rotatable bonds is 8. The van der Waals surface area contributed by atoms with Crippen LogP contribution in [0.3, 0.4) is 0 Å². The van der Waals surface area contributed by atoms with Crippen molar-refractivity contribution < 1.29 is 18.7 Å². The number of ether oxygens (including phenoxy) is 1. The molecule has 1 heterocycles. The Hall–Kier alpha value is -1.99. The average Bonchev–Trinajstić information content (AvgIpc) is 2.64. The fourth-order valence-electron chi connectivity index (χ4n) is 3.31. The van der Waals surface area contributed by atoms with E-state index in [4.69, 9.17) is 4.74 Å². The first-order chi connectivity index (χ1) is 13.3. The zero-order valence-corrected chi connectivity index (χ0v) is 17.2. The van der Waals surface area contributed by atoms with Gasteiger partial charge in [0.15, 0.2) is 0 Å². The fourth-order valence-corrected chi connectivity index (χ4v) is 3.31. The van der Waals surface area contributed by atoms with E-state index in [0.717, 1.165) is 19.6 Å². The highest BCUT2D eigenvalue weighted by Gasteiger charge is 2.27. The number of morpholine rings is 1. The van der Waals surface area contributed by atoms with Crippen LogP contribution in [-0.2, 0) is 9.53 Å². The summed E-state index contributed by atoms with van der Waals surface area (Å²) in [6.07, 6.45) is -0.0773. The highest BCUT2D eigenvalue weighted by molar-refractivity contribution is 5.97. The topological polar surface area (TPSA) is 70.7 Å². The molecule has 156 valence electrons. The quantitative estimate of drug-likeness (QED) is 0.709. The summed E-state index contributed by atoms with van der Waals surface area (Å²) in [6.45, 7) is 11.7. The second-order valence-electron chi connectivity index (χ2n) is 8.07. The molecule has 0 bridgehead atoms. The fraction of sp³-hybridized carbons (Fsp3) is 0.619. The number of halogens is 1. The van der Waals surface area contributed by atoms with Gasteiger partial charge in [0.05, 0.1) is 18.3 Å². The van der Waals surface area contributed by atoms with Crippen molar-refractivity contribution in [2.75, 3.05) is 32.8 Å². The Morgan fingerprint density at radius 2 is 1.96 bits per heavy atom. The number of hydrogen-bond donors (Lipinski definition) is 2. The largest absolute Gasteiger partial charge is 0.374 e. The van der Waals surface area contributed by atoms with Gasteiger partial charge in [-0.2, -0.15) is 0 Å². The molecule has 0 saturated carbocycles. The van der Waals surface area contributed by atoms with Crippen molar-refractivity contribution in [2.45, 2.75) is 39.8 Å². The first-order valence-electron chi connectivity index (χ1n) is 9.95. The molecule has 1 aromatic rings. The third-order valence-corrected chi connectivity index (χ3v) is 4.70. The molecule has 1 saturated heterocycles. The molecule has 1 aromatic carbocycles. The van der Waals surface area contributed by atoms with Gasteiger partial charge in [0.2, 0.25) is 5.91 Å². The minimum atomic E-state index is -0.748. The first kappa shape index (κ1) is 22.3. The minimum absolute atomic E-state index is 0.0686. The molecular formula is C21H32FN3O3. The molecule has 2 unspecified atom stereocenters. The number of amides is 2. The molecule has 1 fully saturated rings. The summed E-state index contributed by atoms with van der Waals surface area (Å²) in [5.74, 6) is -1.05. The van der Waals surface area contributed by atoms with Crippen LogP contribution >= 0.6 is 0 Å². The van der Waals surface area contributed by atoms with Crippen molar-refractivity contribution >= 4 is 11.8 Å². The average molecular weight is 394 g/mol. The van der Waals surface area contributed by atoms with Gasteiger partial charge in [-0.05, 0) is 24.0 Å². The standard InChI is InChI=1S/C21H32FN3O3/c1-14(2)12-25-9-10-28-16(13-25)11-23-21(27)19(15(3)4)24-20(26)17-7-5-6-8-18(17)22/h5-8,14-16,19H,9-13H2,1-4H3,(H,23,27)(H,24,26). The summed E-state index contributed by atoms with van der Waals surface area (Å²) in [6, 6.07) is 4.99. The molecule has 6 nitrogen and oxygen atoms in total. The lowest BCUT2D eigenvalue weighted by atomic mass is 10.0. The van der Waals surface area contributed by atoms with E-state index in [0.29, 0.717) is 19.1 Å². The molecule has 2 N–H and O–H groups in total. The predicted octanol–water partition coefficient (Wildman–Crippen LogP) is 2.05. The van der Waals surface area contributed by atoms with Crippen LogP contribution in [0.4, 0.5) is 4.39 Å². The lowest BCUT2D eigenvalue weighted by Crippen LogP contribution is -2.53. The maximum atomic E-state index is 13.8. The van der Waals surface area contributed by atoms with Gasteiger partial charge in [0, 0.05) is 26.2 Å². The Bertz CT molecular complexity index is 666. The molecule has 0 aromatic heterocycles. The van der Waals surface area contributed by atoms with E-state index in [9.17, 15) is 14.0 Å². The van der Waals surface area contributed by atoms with Gasteiger partial charge in [-0.3, -0.25) is 14.5 Å². The summed E-state index contributed by atoms with van der Waals surface area (Å²) < 4.78 is 19.6. The van der Waals surface area contributed by atoms with Gasteiger partial charge in [0.1, 0.15) is 11.9 Å². The van der Waals surface area contributed by atoms with Crippen molar-refractivity contribution in [3.05, 3.63) is 35.6 Å². The van der Waals surface area contributed by atoms with Crippen LogP contribution < -0.4 is 10.6 Å². The Labute approximate surface area is 166 Å². The number of nitrogens with zero attached hydrogens (tertiary/aromatic N) is 1. The van der Waals surface area contributed by atoms with Crippen LogP contribution in [0.15, 0.2) is 24.3 Å². The summed E-state index contributed by atoms with van der Waals surface area (Å²) >= 11 is 0. The maximum absolute atomic E-state index is 13.8. The number of nitrogens with one attached hydrogen (secondary N) is 2. The Morgan fingerprint density at radius 3 is 2.61 bits per heavy atom. The number of carbonyl (C=O) groups is 2. The monoisotopic (exact) mass is 393 g/mol. The zero-order valence-electron chi connectivity index (χ0n) is 17.2. The molecule has 0 radical (unpaired) electrons. The molecule has 1 aliphatic heterocycles. The molecule has 0 aliphatic carbocycles. The van der Waals surface area contributed by atoms with Gasteiger partial charge in [-0.25, -0.2) is 4.39 Å². The van der Waals surface area contributed by atoms with Crippen molar-refractivity contribution in [3.8, 4) is 0 Å². The maximum Gasteiger partial charge on any atom is 0.254 e. The Balaban J connectivity index is 1.90. The third-order valence-electron chi connectivity index (χ3n) is 4.70. The summed E-state index contributed by atoms with van der Waals surface area (Å²) in [7, 11) is 0. The van der Waals surface area contributed by atoms with E-state index in [-0.39, 0.29) is 23.5 Å². The summed E-state index contributed by atoms with van der Waals surface area (Å²) in [5, 5.41) is 5.53. The van der Waals surface area contributed by atoms with E-state index in [1.54, 1.807) is 6.07 Å². The molecule has 7 heteroatoms. The van der Waals surface area contributed by atoms with Crippen LogP contribution in [-0.4, -0.2) is 61.6 Å². The van der Waals surface area contributed by atoms with E-state index in [1.807, 2.05) is 13.8 Å². The lowest BCUT2D eigenvalue weighted by molar-refractivity contribution is -0.125. The van der Waals surface area contributed by atoms with Crippen molar-refractivity contribution in [2.24, 2.45) is 11.8 Å². The van der Waals surface area contributed by atoms with Gasteiger partial charge < -0.3 is 15.4 Å². The van der Waals surface area contributed by atoms with Crippen molar-refractivity contribution in [3.63, 3.8) is 0 Å². The molecular weight excluding hydrogens is 361 g/mol. The van der Waals surface area contributed by atoms with Crippen LogP contribution in [0.2, 0.25) is 0 Å². The second-order valence-corrected chi connectivity index (χ2v) is 8.07. The first-order valence-corrected chi connectivity index (χ1v) is 9.95. The highest BCUT2D eigenvalue weighted by atomic mass is 19.1. The smallest absolute Gasteiger partial charge is 0.254 e. The second kappa shape index (κ2) is 10.5. The number of hydrogen-bond acceptors (Lipinski definition) is 4. The lowest BCUT2D eigenvalue weighted by Gasteiger charge is -2.34. The Kier molecular flexibility index (Phi) is 8.38. The normalized spacial score (nSPS) is 18.9. The van der Waals surface area contributed by atoms with Gasteiger partial charge in [-0.1, -0.05) is 39.8 Å². The Morgan fingerprint density at radius 1 is 1.25 bits per heavy atom. The van der Waals surface area contributed by atoms with Gasteiger partial charge in [-0.15, -0.1) is 0 Å². The van der Waals surface area contributed by atoms with Crippen LogP contribution in [0.25, 0.3) is 0 Å². The van der Waals surface area contributed by atoms with Crippen LogP contribution in [0.5, 0.6) is 0 Å². The highest BCUT2D eigenvalue weighted by Crippen LogP contribution is 2.10.